The number of rotatable bonds is 3. The molecule has 0 aliphatic carbocycles. The Morgan fingerprint density at radius 3 is 1.85 bits per heavy atom. The van der Waals surface area contributed by atoms with Gasteiger partial charge in [-0.15, -0.1) is 0 Å². The third-order valence-corrected chi connectivity index (χ3v) is 4.80. The van der Waals surface area contributed by atoms with Crippen LogP contribution in [0.3, 0.4) is 0 Å². The Morgan fingerprint density at radius 1 is 0.704 bits per heavy atom. The number of halogens is 4. The summed E-state index contributed by atoms with van der Waals surface area (Å²) in [6, 6.07) is 20.5. The zero-order valence-electron chi connectivity index (χ0n) is 13.8. The predicted octanol–water partition coefficient (Wildman–Crippen LogP) is 6.43. The molecule has 0 aliphatic rings. The molecule has 0 spiro atoms. The maximum Gasteiger partial charge on any atom is 0.314 e. The van der Waals surface area contributed by atoms with Crippen LogP contribution in [0.15, 0.2) is 73.1 Å². The minimum absolute atomic E-state index is 0.534. The summed E-state index contributed by atoms with van der Waals surface area (Å²) in [6.07, 6.45) is 1.84. The molecule has 4 rings (SSSR count). The summed E-state index contributed by atoms with van der Waals surface area (Å²) in [6.45, 7) is 0. The normalized spacial score (nSPS) is 11.0. The van der Waals surface area contributed by atoms with Gasteiger partial charge in [0.15, 0.2) is 0 Å². The molecule has 1 heterocycles. The maximum atomic E-state index is 6.20. The first kappa shape index (κ1) is 18.3. The molecule has 0 bridgehead atoms. The highest BCUT2D eigenvalue weighted by atomic mass is 35.5. The van der Waals surface area contributed by atoms with Crippen LogP contribution in [0.25, 0.3) is 22.8 Å². The molecule has 4 aromatic rings. The van der Waals surface area contributed by atoms with E-state index in [1.807, 2.05) is 53.4 Å². The number of nitrogens with zero attached hydrogens (tertiary/aromatic N) is 3. The van der Waals surface area contributed by atoms with Crippen molar-refractivity contribution < 1.29 is 4.57 Å². The fraction of sp³-hybridized carbons (Fsp3) is 0. The molecule has 0 N–H and O–H groups in total. The summed E-state index contributed by atoms with van der Waals surface area (Å²) >= 11 is 24.7. The zero-order chi connectivity index (χ0) is 19.0. The van der Waals surface area contributed by atoms with Crippen LogP contribution >= 0.6 is 46.4 Å². The van der Waals surface area contributed by atoms with Crippen LogP contribution < -0.4 is 4.57 Å². The second-order valence-corrected chi connectivity index (χ2v) is 7.62. The Balaban J connectivity index is 1.95. The van der Waals surface area contributed by atoms with Crippen LogP contribution in [0.5, 0.6) is 0 Å². The number of aromatic nitrogens is 3. The highest BCUT2D eigenvalue weighted by molar-refractivity contribution is 6.35. The Labute approximate surface area is 176 Å². The largest absolute Gasteiger partial charge is 0.314 e. The van der Waals surface area contributed by atoms with E-state index < -0.39 is 0 Å². The monoisotopic (exact) mass is 434 g/mol. The molecule has 0 saturated carbocycles. The second-order valence-electron chi connectivity index (χ2n) is 5.87. The van der Waals surface area contributed by atoms with E-state index >= 15 is 0 Å². The van der Waals surface area contributed by atoms with E-state index in [2.05, 4.69) is 0 Å². The SMILES string of the molecule is Clc1cc(Cl)cc(-n2c[n+](-c3cc(Cl)cc(Cl)c3)c(-c3ccccc3)n2)c1. The van der Waals surface area contributed by atoms with Gasteiger partial charge < -0.3 is 0 Å². The van der Waals surface area contributed by atoms with Gasteiger partial charge in [-0.1, -0.05) is 69.3 Å². The standard InChI is InChI=1S/C20H12Cl4N3/c21-14-6-15(22)9-18(8-14)26-12-27(19-10-16(23)7-17(24)11-19)25-20(26)13-4-2-1-3-5-13/h1-12H/q+1. The van der Waals surface area contributed by atoms with Gasteiger partial charge >= 0.3 is 5.82 Å². The summed E-state index contributed by atoms with van der Waals surface area (Å²) in [4.78, 5) is 0. The van der Waals surface area contributed by atoms with Crippen LogP contribution in [0, 0.1) is 0 Å². The molecule has 3 aromatic carbocycles. The highest BCUT2D eigenvalue weighted by Crippen LogP contribution is 2.24. The van der Waals surface area contributed by atoms with E-state index in [4.69, 9.17) is 51.5 Å². The topological polar surface area (TPSA) is 21.7 Å². The first-order valence-electron chi connectivity index (χ1n) is 7.99. The van der Waals surface area contributed by atoms with Gasteiger partial charge in [-0.2, -0.15) is 4.57 Å². The van der Waals surface area contributed by atoms with Crippen molar-refractivity contribution in [2.45, 2.75) is 0 Å². The van der Waals surface area contributed by atoms with E-state index in [0.717, 1.165) is 22.8 Å². The summed E-state index contributed by atoms with van der Waals surface area (Å²) in [5.74, 6) is 0.727. The van der Waals surface area contributed by atoms with Gasteiger partial charge in [0, 0.05) is 20.1 Å². The van der Waals surface area contributed by atoms with Gasteiger partial charge in [-0.3, -0.25) is 0 Å². The number of hydrogen-bond donors (Lipinski definition) is 0. The van der Waals surface area contributed by atoms with Gasteiger partial charge in [0.2, 0.25) is 6.33 Å². The lowest BCUT2D eigenvalue weighted by Gasteiger charge is -2.02. The molecule has 0 saturated heterocycles. The van der Waals surface area contributed by atoms with Gasteiger partial charge in [-0.05, 0) is 48.5 Å². The van der Waals surface area contributed by atoms with Crippen LogP contribution in [-0.2, 0) is 0 Å². The second kappa shape index (κ2) is 7.53. The van der Waals surface area contributed by atoms with Crippen molar-refractivity contribution in [3.63, 3.8) is 0 Å². The Kier molecular flexibility index (Phi) is 5.11. The smallest absolute Gasteiger partial charge is 0.196 e. The third kappa shape index (κ3) is 3.97. The molecule has 0 aliphatic heterocycles. The quantitative estimate of drug-likeness (QED) is 0.340. The lowest BCUT2D eigenvalue weighted by atomic mass is 10.2. The van der Waals surface area contributed by atoms with Crippen molar-refractivity contribution in [3.05, 3.63) is 93.1 Å². The molecule has 0 amide bonds. The van der Waals surface area contributed by atoms with Gasteiger partial charge in [-0.25, -0.2) is 0 Å². The molecule has 0 atom stereocenters. The van der Waals surface area contributed by atoms with Gasteiger partial charge in [0.25, 0.3) is 0 Å². The average molecular weight is 436 g/mol. The molecule has 3 nitrogen and oxygen atoms in total. The first-order valence-corrected chi connectivity index (χ1v) is 9.50. The Hall–Kier alpha value is -2.04. The van der Waals surface area contributed by atoms with Crippen molar-refractivity contribution in [1.82, 2.24) is 9.78 Å². The maximum absolute atomic E-state index is 6.20. The summed E-state index contributed by atoms with van der Waals surface area (Å²) < 4.78 is 3.64. The fourth-order valence-corrected chi connectivity index (χ4v) is 3.82. The van der Waals surface area contributed by atoms with Crippen LogP contribution in [0.2, 0.25) is 20.1 Å². The van der Waals surface area contributed by atoms with Crippen molar-refractivity contribution in [1.29, 1.82) is 0 Å². The minimum Gasteiger partial charge on any atom is -0.196 e. The average Bonchev–Trinajstić information content (AvgIpc) is 3.06. The summed E-state index contributed by atoms with van der Waals surface area (Å²) in [5, 5.41) is 6.90. The lowest BCUT2D eigenvalue weighted by molar-refractivity contribution is -0.584. The van der Waals surface area contributed by atoms with Crippen LogP contribution in [0.1, 0.15) is 0 Å². The van der Waals surface area contributed by atoms with Crippen molar-refractivity contribution in [2.75, 3.05) is 0 Å². The van der Waals surface area contributed by atoms with Crippen LogP contribution in [-0.4, -0.2) is 9.78 Å². The molecule has 0 radical (unpaired) electrons. The van der Waals surface area contributed by atoms with Gasteiger partial charge in [0.1, 0.15) is 11.4 Å². The van der Waals surface area contributed by atoms with Crippen molar-refractivity contribution in [2.24, 2.45) is 0 Å². The number of benzene rings is 3. The van der Waals surface area contributed by atoms with Crippen molar-refractivity contribution >= 4 is 46.4 Å². The molecule has 1 aromatic heterocycles. The molecule has 7 heteroatoms. The van der Waals surface area contributed by atoms with Gasteiger partial charge in [0.05, 0.1) is 10.7 Å². The summed E-state index contributed by atoms with van der Waals surface area (Å²) in [5.41, 5.74) is 2.49. The molecular formula is C20H12Cl4N3+. The Bertz CT molecular complexity index is 1080. The lowest BCUT2D eigenvalue weighted by Crippen LogP contribution is -2.31. The first-order chi connectivity index (χ1) is 13.0. The fourth-order valence-electron chi connectivity index (χ4n) is 2.79. The van der Waals surface area contributed by atoms with E-state index in [-0.39, 0.29) is 0 Å². The molecular weight excluding hydrogens is 424 g/mol. The van der Waals surface area contributed by atoms with E-state index in [0.29, 0.717) is 20.1 Å². The number of hydrogen-bond acceptors (Lipinski definition) is 1. The van der Waals surface area contributed by atoms with E-state index in [1.54, 1.807) is 28.9 Å². The zero-order valence-corrected chi connectivity index (χ0v) is 16.8. The van der Waals surface area contributed by atoms with Crippen LogP contribution in [0.4, 0.5) is 0 Å². The minimum atomic E-state index is 0.534. The summed E-state index contributed by atoms with van der Waals surface area (Å²) in [7, 11) is 0. The molecule has 27 heavy (non-hydrogen) atoms. The third-order valence-electron chi connectivity index (χ3n) is 3.92. The molecule has 0 fully saturated rings. The van der Waals surface area contributed by atoms with Crippen molar-refractivity contribution in [3.8, 4) is 22.8 Å². The molecule has 134 valence electrons. The predicted molar refractivity (Wildman–Crippen MR) is 111 cm³/mol. The highest BCUT2D eigenvalue weighted by Gasteiger charge is 2.22. The van der Waals surface area contributed by atoms with E-state index in [1.165, 1.54) is 0 Å². The Morgan fingerprint density at radius 2 is 1.26 bits per heavy atom. The van der Waals surface area contributed by atoms with E-state index in [9.17, 15) is 0 Å². The molecule has 0 unspecified atom stereocenters.